The summed E-state index contributed by atoms with van der Waals surface area (Å²) < 4.78 is 40.3. The maximum Gasteiger partial charge on any atom is 0.306 e. The van der Waals surface area contributed by atoms with E-state index < -0.39 is 50.6 Å². The molecule has 1 aromatic carbocycles. The lowest BCUT2D eigenvalue weighted by molar-refractivity contribution is -0.153. The number of hydrogen-bond acceptors (Lipinski definition) is 9. The number of aryl methyl sites for hydroxylation is 1. The fraction of sp³-hybridized carbons (Fsp3) is 0.634. The molecule has 1 saturated heterocycles. The van der Waals surface area contributed by atoms with E-state index in [0.29, 0.717) is 31.7 Å². The first-order valence-electron chi connectivity index (χ1n) is 19.7. The van der Waals surface area contributed by atoms with Gasteiger partial charge in [-0.1, -0.05) is 50.8 Å². The Balaban J connectivity index is 1.21. The van der Waals surface area contributed by atoms with E-state index in [4.69, 9.17) is 9.47 Å². The second-order valence-corrected chi connectivity index (χ2v) is 18.2. The topological polar surface area (TPSA) is 149 Å². The van der Waals surface area contributed by atoms with Crippen molar-refractivity contribution in [1.29, 1.82) is 0 Å². The Morgan fingerprint density at radius 3 is 2.58 bits per heavy atom. The summed E-state index contributed by atoms with van der Waals surface area (Å²) in [4.78, 5) is 62.6. The maximum atomic E-state index is 14.8. The largest absolute Gasteiger partial charge is 0.472 e. The van der Waals surface area contributed by atoms with E-state index in [1.54, 1.807) is 17.2 Å². The minimum Gasteiger partial charge on any atom is -0.472 e. The van der Waals surface area contributed by atoms with Gasteiger partial charge in [-0.05, 0) is 92.2 Å². The molecule has 2 aromatic rings. The van der Waals surface area contributed by atoms with Gasteiger partial charge in [0.05, 0.1) is 42.2 Å². The molecule has 2 amide bonds. The lowest BCUT2D eigenvalue weighted by Crippen LogP contribution is -2.48. The first-order chi connectivity index (χ1) is 25.5. The minimum atomic E-state index is -3.83. The quantitative estimate of drug-likeness (QED) is 0.247. The van der Waals surface area contributed by atoms with Gasteiger partial charge in [0.15, 0.2) is 5.78 Å². The number of nitrogens with zero attached hydrogens (tertiary/aromatic N) is 2. The average molecular weight is 748 g/mol. The van der Waals surface area contributed by atoms with Gasteiger partial charge in [0.25, 0.3) is 0 Å². The number of hydrogen-bond donors (Lipinski definition) is 1. The number of fused-ring (bicyclic) bond motifs is 3. The molecule has 53 heavy (non-hydrogen) atoms. The second kappa shape index (κ2) is 15.5. The van der Waals surface area contributed by atoms with Crippen LogP contribution in [0.2, 0.25) is 0 Å². The van der Waals surface area contributed by atoms with Crippen molar-refractivity contribution < 1.29 is 37.1 Å². The van der Waals surface area contributed by atoms with Crippen LogP contribution in [-0.2, 0) is 40.4 Å². The molecule has 2 aliphatic heterocycles. The van der Waals surface area contributed by atoms with Crippen LogP contribution in [0.1, 0.15) is 102 Å². The minimum absolute atomic E-state index is 0.0245. The summed E-state index contributed by atoms with van der Waals surface area (Å²) >= 11 is 0. The number of pyridine rings is 1. The van der Waals surface area contributed by atoms with Crippen molar-refractivity contribution in [3.8, 4) is 5.88 Å². The average Bonchev–Trinajstić information content (AvgIpc) is 4.08. The van der Waals surface area contributed by atoms with Crippen LogP contribution in [0.5, 0.6) is 5.88 Å². The molecule has 0 radical (unpaired) electrons. The summed E-state index contributed by atoms with van der Waals surface area (Å²) in [6.07, 6.45) is 12.1. The van der Waals surface area contributed by atoms with E-state index in [0.717, 1.165) is 74.1 Å². The van der Waals surface area contributed by atoms with Crippen LogP contribution in [0.3, 0.4) is 0 Å². The first kappa shape index (κ1) is 37.5. The van der Waals surface area contributed by atoms with Gasteiger partial charge in [0.1, 0.15) is 6.10 Å². The van der Waals surface area contributed by atoms with Crippen molar-refractivity contribution >= 4 is 44.4 Å². The van der Waals surface area contributed by atoms with Crippen molar-refractivity contribution in [3.63, 3.8) is 0 Å². The van der Waals surface area contributed by atoms with E-state index in [9.17, 15) is 27.6 Å². The van der Waals surface area contributed by atoms with E-state index in [2.05, 4.69) is 41.4 Å². The molecule has 4 bridgehead atoms. The number of allylic oxidation sites excluding steroid dienone is 1. The third kappa shape index (κ3) is 8.17. The predicted molar refractivity (Wildman–Crippen MR) is 199 cm³/mol. The summed E-state index contributed by atoms with van der Waals surface area (Å²) in [5.74, 6) is -2.10. The molecule has 3 heterocycles. The molecule has 0 unspecified atom stereocenters. The summed E-state index contributed by atoms with van der Waals surface area (Å²) in [7, 11) is -3.83. The molecule has 3 saturated carbocycles. The van der Waals surface area contributed by atoms with Crippen molar-refractivity contribution in [1.82, 2.24) is 14.6 Å². The highest BCUT2D eigenvalue weighted by molar-refractivity contribution is 7.90. The number of benzene rings is 1. The predicted octanol–water partition coefficient (Wildman–Crippen LogP) is 5.84. The molecular formula is C41H53N3O8S. The Kier molecular flexibility index (Phi) is 11.0. The number of carbonyl (C=O) groups is 4. The van der Waals surface area contributed by atoms with Crippen molar-refractivity contribution in [2.24, 2.45) is 29.1 Å². The zero-order valence-electron chi connectivity index (χ0n) is 30.8. The van der Waals surface area contributed by atoms with Gasteiger partial charge in [-0.25, -0.2) is 13.4 Å². The SMILES string of the molecule is C=C[C@@H]1C[C@]1(CC(=O)[C@@H]1C[C@@H]2CN1C(=O)[C@H](C1CCCCC1)CC(=O)OC[C@H](CC)CCCc1ccc3ccnc(c3c1)O2)C(=O)NS(=O)(=O)C1CC1. The zero-order chi connectivity index (χ0) is 37.3. The number of ketones is 1. The van der Waals surface area contributed by atoms with Crippen molar-refractivity contribution in [3.05, 3.63) is 48.7 Å². The third-order valence-corrected chi connectivity index (χ3v) is 14.4. The van der Waals surface area contributed by atoms with Crippen LogP contribution in [0, 0.1) is 29.1 Å². The smallest absolute Gasteiger partial charge is 0.306 e. The van der Waals surface area contributed by atoms with Gasteiger partial charge in [-0.3, -0.25) is 23.9 Å². The Morgan fingerprint density at radius 1 is 1.08 bits per heavy atom. The zero-order valence-corrected chi connectivity index (χ0v) is 31.6. The molecule has 0 spiro atoms. The number of cyclic esters (lactones) is 1. The van der Waals surface area contributed by atoms with Gasteiger partial charge in [0, 0.05) is 24.4 Å². The van der Waals surface area contributed by atoms with Crippen molar-refractivity contribution in [2.45, 2.75) is 121 Å². The molecule has 4 fully saturated rings. The normalized spacial score (nSPS) is 30.2. The molecular weight excluding hydrogens is 695 g/mol. The number of Topliss-reactive ketones (excluding diaryl/α,β-unsaturated/α-hetero) is 1. The molecule has 3 aliphatic carbocycles. The van der Waals surface area contributed by atoms with Crippen LogP contribution in [0.15, 0.2) is 43.1 Å². The Labute approximate surface area is 312 Å². The van der Waals surface area contributed by atoms with Crippen LogP contribution < -0.4 is 9.46 Å². The highest BCUT2D eigenvalue weighted by Crippen LogP contribution is 2.57. The highest BCUT2D eigenvalue weighted by atomic mass is 32.2. The van der Waals surface area contributed by atoms with E-state index in [1.807, 2.05) is 6.07 Å². The van der Waals surface area contributed by atoms with Gasteiger partial charge in [-0.2, -0.15) is 0 Å². The fourth-order valence-corrected chi connectivity index (χ4v) is 10.4. The van der Waals surface area contributed by atoms with Crippen LogP contribution in [0.25, 0.3) is 10.8 Å². The van der Waals surface area contributed by atoms with Gasteiger partial charge >= 0.3 is 5.97 Å². The van der Waals surface area contributed by atoms with Crippen molar-refractivity contribution in [2.75, 3.05) is 13.2 Å². The van der Waals surface area contributed by atoms with E-state index in [1.165, 1.54) is 0 Å². The number of ether oxygens (including phenoxy) is 2. The molecule has 1 aromatic heterocycles. The van der Waals surface area contributed by atoms with Crippen LogP contribution in [0.4, 0.5) is 0 Å². The molecule has 12 heteroatoms. The second-order valence-electron chi connectivity index (χ2n) is 16.2. The first-order valence-corrected chi connectivity index (χ1v) is 21.3. The summed E-state index contributed by atoms with van der Waals surface area (Å²) in [6.45, 7) is 6.37. The standard InChI is InChI=1S/C41H53N3O8S/c1-3-26-9-8-10-27-13-14-29-17-18-42-38(33(29)19-27)52-31-20-35(36(45)23-41(22-30(41)4-2)40(48)43-53(49,50)32-15-16-32)44(24-31)39(47)34(21-37(46)51-25-26)28-11-6-5-7-12-28/h4,13-14,17-19,26,28,30-32,34-35H,2-3,5-12,15-16,20-25H2,1H3,(H,43,48)/t26-,30-,31-,34+,35+,41-/m1/s1. The van der Waals surface area contributed by atoms with Crippen LogP contribution >= 0.6 is 0 Å². The molecule has 286 valence electrons. The fourth-order valence-electron chi connectivity index (χ4n) is 8.99. The maximum absolute atomic E-state index is 14.8. The summed E-state index contributed by atoms with van der Waals surface area (Å²) in [5.41, 5.74) is -0.111. The number of esters is 1. The molecule has 11 nitrogen and oxygen atoms in total. The number of amides is 2. The number of carbonyl (C=O) groups excluding carboxylic acids is 4. The number of sulfonamides is 1. The lowest BCUT2D eigenvalue weighted by Gasteiger charge is -2.34. The molecule has 5 aliphatic rings. The number of nitrogens with one attached hydrogen (secondary N) is 1. The highest BCUT2D eigenvalue weighted by Gasteiger charge is 2.61. The molecule has 1 N–H and O–H groups in total. The Hall–Kier alpha value is -3.80. The third-order valence-electron chi connectivity index (χ3n) is 12.6. The van der Waals surface area contributed by atoms with E-state index >= 15 is 0 Å². The number of aromatic nitrogens is 1. The monoisotopic (exact) mass is 747 g/mol. The van der Waals surface area contributed by atoms with E-state index in [-0.39, 0.29) is 55.3 Å². The number of rotatable bonds is 9. The summed E-state index contributed by atoms with van der Waals surface area (Å²) in [5, 5.41) is 1.24. The van der Waals surface area contributed by atoms with Gasteiger partial charge < -0.3 is 14.4 Å². The van der Waals surface area contributed by atoms with Crippen LogP contribution in [-0.4, -0.2) is 72.4 Å². The van der Waals surface area contributed by atoms with Gasteiger partial charge in [-0.15, -0.1) is 6.58 Å². The molecule has 6 atom stereocenters. The lowest BCUT2D eigenvalue weighted by atomic mass is 9.77. The Bertz CT molecular complexity index is 1850. The van der Waals surface area contributed by atoms with Gasteiger partial charge in [0.2, 0.25) is 27.7 Å². The Morgan fingerprint density at radius 2 is 1.87 bits per heavy atom. The molecule has 7 rings (SSSR count). The summed E-state index contributed by atoms with van der Waals surface area (Å²) in [6, 6.07) is 7.27.